The van der Waals surface area contributed by atoms with Crippen molar-refractivity contribution in [2.24, 2.45) is 5.92 Å². The molecule has 0 aliphatic carbocycles. The average molecular weight is 315 g/mol. The smallest absolute Gasteiger partial charge is 0.305 e. The molecule has 130 valence electrons. The van der Waals surface area contributed by atoms with Crippen molar-refractivity contribution in [1.82, 2.24) is 5.32 Å². The Morgan fingerprint density at radius 2 is 1.82 bits per heavy atom. The summed E-state index contributed by atoms with van der Waals surface area (Å²) in [5.74, 6) is 0.339. The third kappa shape index (κ3) is 10.6. The molecule has 0 atom stereocenters. The lowest BCUT2D eigenvalue weighted by Gasteiger charge is -2.24. The van der Waals surface area contributed by atoms with E-state index < -0.39 is 5.60 Å². The fourth-order valence-electron chi connectivity index (χ4n) is 1.83. The monoisotopic (exact) mass is 315 g/mol. The van der Waals surface area contributed by atoms with E-state index in [0.717, 1.165) is 25.7 Å². The first-order chi connectivity index (χ1) is 10.3. The van der Waals surface area contributed by atoms with Crippen LogP contribution in [0.4, 0.5) is 0 Å². The van der Waals surface area contributed by atoms with E-state index in [-0.39, 0.29) is 11.9 Å². The Kier molecular flexibility index (Phi) is 10.9. The van der Waals surface area contributed by atoms with Gasteiger partial charge in [-0.2, -0.15) is 0 Å². The van der Waals surface area contributed by atoms with Crippen LogP contribution in [0.15, 0.2) is 0 Å². The van der Waals surface area contributed by atoms with Crippen molar-refractivity contribution in [3.05, 3.63) is 0 Å². The van der Waals surface area contributed by atoms with E-state index in [1.807, 2.05) is 0 Å². The number of hydrogen-bond donors (Lipinski definition) is 1. The summed E-state index contributed by atoms with van der Waals surface area (Å²) in [4.78, 5) is 23.2. The molecule has 1 amide bonds. The van der Waals surface area contributed by atoms with Gasteiger partial charge in [0.15, 0.2) is 0 Å². The van der Waals surface area contributed by atoms with Crippen molar-refractivity contribution < 1.29 is 19.1 Å². The molecule has 0 saturated carbocycles. The summed E-state index contributed by atoms with van der Waals surface area (Å²) in [7, 11) is 0. The molecule has 0 aliphatic rings. The largest absolute Gasteiger partial charge is 0.466 e. The molecule has 0 aromatic rings. The highest BCUT2D eigenvalue weighted by Crippen LogP contribution is 2.12. The van der Waals surface area contributed by atoms with Gasteiger partial charge in [0.1, 0.15) is 5.60 Å². The Morgan fingerprint density at radius 1 is 1.14 bits per heavy atom. The molecule has 0 radical (unpaired) electrons. The van der Waals surface area contributed by atoms with Crippen molar-refractivity contribution in [2.45, 2.75) is 72.3 Å². The SMILES string of the molecule is CCOC(=O)CCCCCNC(=O)C(C)(C)OCCC(C)C. The lowest BCUT2D eigenvalue weighted by Crippen LogP contribution is -2.44. The molecule has 0 heterocycles. The summed E-state index contributed by atoms with van der Waals surface area (Å²) in [6, 6.07) is 0. The second-order valence-electron chi connectivity index (χ2n) is 6.41. The van der Waals surface area contributed by atoms with Crippen molar-refractivity contribution in [2.75, 3.05) is 19.8 Å². The van der Waals surface area contributed by atoms with Gasteiger partial charge in [-0.25, -0.2) is 0 Å². The Hall–Kier alpha value is -1.10. The summed E-state index contributed by atoms with van der Waals surface area (Å²) < 4.78 is 10.5. The van der Waals surface area contributed by atoms with Gasteiger partial charge >= 0.3 is 5.97 Å². The Bertz CT molecular complexity index is 327. The first kappa shape index (κ1) is 20.9. The maximum Gasteiger partial charge on any atom is 0.305 e. The van der Waals surface area contributed by atoms with E-state index in [4.69, 9.17) is 9.47 Å². The van der Waals surface area contributed by atoms with E-state index in [2.05, 4.69) is 19.2 Å². The van der Waals surface area contributed by atoms with Crippen LogP contribution in [0.3, 0.4) is 0 Å². The van der Waals surface area contributed by atoms with Gasteiger partial charge in [-0.15, -0.1) is 0 Å². The molecule has 0 fully saturated rings. The number of ether oxygens (including phenoxy) is 2. The Balaban J connectivity index is 3.72. The maximum atomic E-state index is 12.1. The minimum atomic E-state index is -0.792. The van der Waals surface area contributed by atoms with Crippen LogP contribution in [-0.2, 0) is 19.1 Å². The molecule has 0 aromatic carbocycles. The minimum absolute atomic E-state index is 0.0818. The topological polar surface area (TPSA) is 64.6 Å². The lowest BCUT2D eigenvalue weighted by atomic mass is 10.1. The third-order valence-electron chi connectivity index (χ3n) is 3.35. The summed E-state index contributed by atoms with van der Waals surface area (Å²) in [5, 5.41) is 2.89. The molecule has 1 N–H and O–H groups in total. The van der Waals surface area contributed by atoms with Crippen LogP contribution >= 0.6 is 0 Å². The fourth-order valence-corrected chi connectivity index (χ4v) is 1.83. The predicted molar refractivity (Wildman–Crippen MR) is 87.6 cm³/mol. The first-order valence-electron chi connectivity index (χ1n) is 8.37. The van der Waals surface area contributed by atoms with E-state index in [0.29, 0.717) is 32.1 Å². The second kappa shape index (κ2) is 11.5. The van der Waals surface area contributed by atoms with Crippen LogP contribution in [0, 0.1) is 5.92 Å². The zero-order valence-electron chi connectivity index (χ0n) is 14.9. The molecule has 0 aliphatic heterocycles. The van der Waals surface area contributed by atoms with Crippen molar-refractivity contribution >= 4 is 11.9 Å². The van der Waals surface area contributed by atoms with Crippen LogP contribution in [0.1, 0.15) is 66.7 Å². The minimum Gasteiger partial charge on any atom is -0.466 e. The molecule has 0 bridgehead atoms. The molecule has 5 heteroatoms. The molecule has 0 rings (SSSR count). The van der Waals surface area contributed by atoms with Crippen molar-refractivity contribution in [3.63, 3.8) is 0 Å². The summed E-state index contributed by atoms with van der Waals surface area (Å²) in [5.41, 5.74) is -0.792. The molecular formula is C17H33NO4. The zero-order chi connectivity index (χ0) is 17.0. The van der Waals surface area contributed by atoms with Gasteiger partial charge in [0.25, 0.3) is 5.91 Å². The van der Waals surface area contributed by atoms with Gasteiger partial charge < -0.3 is 14.8 Å². The number of nitrogens with one attached hydrogen (secondary N) is 1. The van der Waals surface area contributed by atoms with Crippen LogP contribution in [0.5, 0.6) is 0 Å². The molecule has 0 aromatic heterocycles. The van der Waals surface area contributed by atoms with Crippen LogP contribution in [0.25, 0.3) is 0 Å². The lowest BCUT2D eigenvalue weighted by molar-refractivity contribution is -0.144. The highest BCUT2D eigenvalue weighted by molar-refractivity contribution is 5.84. The van der Waals surface area contributed by atoms with Crippen LogP contribution < -0.4 is 5.32 Å². The van der Waals surface area contributed by atoms with E-state index in [1.54, 1.807) is 20.8 Å². The number of esters is 1. The molecular weight excluding hydrogens is 282 g/mol. The molecule has 0 saturated heterocycles. The van der Waals surface area contributed by atoms with Gasteiger partial charge in [0, 0.05) is 19.6 Å². The molecule has 0 unspecified atom stereocenters. The number of hydrogen-bond acceptors (Lipinski definition) is 4. The zero-order valence-corrected chi connectivity index (χ0v) is 14.9. The van der Waals surface area contributed by atoms with Gasteiger partial charge in [-0.3, -0.25) is 9.59 Å². The van der Waals surface area contributed by atoms with Gasteiger partial charge in [-0.05, 0) is 46.0 Å². The number of amides is 1. The highest BCUT2D eigenvalue weighted by atomic mass is 16.5. The van der Waals surface area contributed by atoms with Crippen LogP contribution in [0.2, 0.25) is 0 Å². The van der Waals surface area contributed by atoms with E-state index in [9.17, 15) is 9.59 Å². The Morgan fingerprint density at radius 3 is 2.41 bits per heavy atom. The summed E-state index contributed by atoms with van der Waals surface area (Å²) in [6.07, 6.45) is 3.94. The predicted octanol–water partition coefficient (Wildman–Crippen LogP) is 3.07. The summed E-state index contributed by atoms with van der Waals surface area (Å²) >= 11 is 0. The van der Waals surface area contributed by atoms with Gasteiger partial charge in [-0.1, -0.05) is 20.3 Å². The average Bonchev–Trinajstić information content (AvgIpc) is 2.41. The highest BCUT2D eigenvalue weighted by Gasteiger charge is 2.27. The Labute approximate surface area is 135 Å². The van der Waals surface area contributed by atoms with Crippen molar-refractivity contribution in [3.8, 4) is 0 Å². The number of carbonyl (C=O) groups excluding carboxylic acids is 2. The summed E-state index contributed by atoms with van der Waals surface area (Å²) in [6.45, 7) is 11.3. The van der Waals surface area contributed by atoms with Gasteiger partial charge in [0.05, 0.1) is 6.61 Å². The maximum absolute atomic E-state index is 12.1. The number of rotatable bonds is 12. The quantitative estimate of drug-likeness (QED) is 0.444. The molecule has 0 spiro atoms. The number of carbonyl (C=O) groups is 2. The fraction of sp³-hybridized carbons (Fsp3) is 0.882. The number of unbranched alkanes of at least 4 members (excludes halogenated alkanes) is 2. The standard InChI is InChI=1S/C17H33NO4/c1-6-21-15(19)10-8-7-9-12-18-16(20)17(4,5)22-13-11-14(2)3/h14H,6-13H2,1-5H3,(H,18,20). The van der Waals surface area contributed by atoms with Crippen LogP contribution in [-0.4, -0.2) is 37.2 Å². The second-order valence-corrected chi connectivity index (χ2v) is 6.41. The normalized spacial score (nSPS) is 11.5. The molecule has 22 heavy (non-hydrogen) atoms. The van der Waals surface area contributed by atoms with E-state index >= 15 is 0 Å². The van der Waals surface area contributed by atoms with Crippen molar-refractivity contribution in [1.29, 1.82) is 0 Å². The third-order valence-corrected chi connectivity index (χ3v) is 3.35. The first-order valence-corrected chi connectivity index (χ1v) is 8.37. The van der Waals surface area contributed by atoms with Gasteiger partial charge in [0.2, 0.25) is 0 Å². The molecule has 5 nitrogen and oxygen atoms in total. The van der Waals surface area contributed by atoms with E-state index in [1.165, 1.54) is 0 Å².